The summed E-state index contributed by atoms with van der Waals surface area (Å²) in [5.74, 6) is -3.28. The summed E-state index contributed by atoms with van der Waals surface area (Å²) in [7, 11) is 0. The maximum atomic E-state index is 16.2. The highest BCUT2D eigenvalue weighted by Gasteiger charge is 2.49. The summed E-state index contributed by atoms with van der Waals surface area (Å²) in [6.45, 7) is 4.05. The molecule has 0 spiro atoms. The molecule has 6 nitrogen and oxygen atoms in total. The number of aliphatic hydroxyl groups excluding tert-OH is 1. The zero-order valence-corrected chi connectivity index (χ0v) is 23.9. The van der Waals surface area contributed by atoms with Crippen LogP contribution >= 0.6 is 11.6 Å². The van der Waals surface area contributed by atoms with E-state index in [1.54, 1.807) is 0 Å². The number of rotatable bonds is 10. The van der Waals surface area contributed by atoms with E-state index in [4.69, 9.17) is 26.8 Å². The molecule has 42 heavy (non-hydrogen) atoms. The van der Waals surface area contributed by atoms with Crippen LogP contribution in [-0.4, -0.2) is 30.3 Å². The van der Waals surface area contributed by atoms with Gasteiger partial charge < -0.3 is 25.6 Å². The Morgan fingerprint density at radius 2 is 1.76 bits per heavy atom. The molecule has 0 bridgehead atoms. The monoisotopic (exact) mass is 592 g/mol. The van der Waals surface area contributed by atoms with E-state index in [9.17, 15) is 9.90 Å². The maximum Gasteiger partial charge on any atom is 0.249 e. The predicted octanol–water partition coefficient (Wildman–Crippen LogP) is 6.32. The topological polar surface area (TPSA) is 93.8 Å². The number of carbonyl (C=O) groups excluding carboxylic acids is 1. The van der Waals surface area contributed by atoms with Gasteiger partial charge in [-0.15, -0.1) is 0 Å². The zero-order chi connectivity index (χ0) is 30.0. The van der Waals surface area contributed by atoms with Crippen LogP contribution in [0.25, 0.3) is 11.1 Å². The Kier molecular flexibility index (Phi) is 8.50. The summed E-state index contributed by atoms with van der Waals surface area (Å²) in [6, 6.07) is 23.1. The molecule has 4 aromatic carbocycles. The molecule has 0 aliphatic carbocycles. The lowest BCUT2D eigenvalue weighted by Gasteiger charge is -2.34. The van der Waals surface area contributed by atoms with Gasteiger partial charge in [-0.1, -0.05) is 79.2 Å². The highest BCUT2D eigenvalue weighted by Crippen LogP contribution is 2.56. The Balaban J connectivity index is 1.67. The van der Waals surface area contributed by atoms with Gasteiger partial charge >= 0.3 is 0 Å². The third kappa shape index (κ3) is 5.45. The average molecular weight is 593 g/mol. The van der Waals surface area contributed by atoms with Crippen molar-refractivity contribution in [3.8, 4) is 22.6 Å². The van der Waals surface area contributed by atoms with E-state index in [1.807, 2.05) is 67.6 Å². The van der Waals surface area contributed by atoms with Crippen molar-refractivity contribution in [2.45, 2.75) is 38.0 Å². The number of ether oxygens (including phenoxy) is 2. The van der Waals surface area contributed by atoms with E-state index in [1.165, 1.54) is 25.1 Å². The van der Waals surface area contributed by atoms with Crippen LogP contribution in [0.4, 0.5) is 8.78 Å². The Morgan fingerprint density at radius 1 is 1.10 bits per heavy atom. The minimum Gasteiger partial charge on any atom is -0.488 e. The first-order chi connectivity index (χ1) is 20.1. The molecule has 0 saturated carbocycles. The minimum atomic E-state index is -1.03. The quantitative estimate of drug-likeness (QED) is 0.200. The summed E-state index contributed by atoms with van der Waals surface area (Å²) < 4.78 is 43.7. The molecule has 5 rings (SSSR count). The number of fused-ring (bicyclic) bond motifs is 1. The molecule has 0 aromatic heterocycles. The van der Waals surface area contributed by atoms with E-state index in [0.29, 0.717) is 18.7 Å². The Labute approximate surface area is 248 Å². The normalized spacial score (nSPS) is 18.3. The number of amides is 1. The molecule has 1 amide bonds. The molecule has 0 radical (unpaired) electrons. The van der Waals surface area contributed by atoms with Crippen LogP contribution in [-0.2, 0) is 12.1 Å². The predicted molar refractivity (Wildman–Crippen MR) is 158 cm³/mol. The molecule has 9 heteroatoms. The van der Waals surface area contributed by atoms with Gasteiger partial charge in [0.15, 0.2) is 17.2 Å². The fourth-order valence-electron chi connectivity index (χ4n) is 5.53. The Bertz CT molecular complexity index is 1600. The van der Waals surface area contributed by atoms with Crippen molar-refractivity contribution in [2.24, 2.45) is 5.73 Å². The van der Waals surface area contributed by atoms with E-state index in [-0.39, 0.29) is 39.8 Å². The summed E-state index contributed by atoms with van der Waals surface area (Å²) in [5, 5.41) is 12.8. The number of carbonyl (C=O) groups is 1. The first-order valence-corrected chi connectivity index (χ1v) is 14.0. The van der Waals surface area contributed by atoms with Gasteiger partial charge in [0.2, 0.25) is 5.91 Å². The minimum absolute atomic E-state index is 0.0335. The van der Waals surface area contributed by atoms with Gasteiger partial charge in [-0.2, -0.15) is 0 Å². The highest BCUT2D eigenvalue weighted by atomic mass is 35.5. The third-order valence-electron chi connectivity index (χ3n) is 7.57. The number of nitrogens with one attached hydrogen (secondary N) is 1. The van der Waals surface area contributed by atoms with Gasteiger partial charge in [-0.25, -0.2) is 8.78 Å². The van der Waals surface area contributed by atoms with Crippen molar-refractivity contribution in [3.63, 3.8) is 0 Å². The van der Waals surface area contributed by atoms with E-state index >= 15 is 8.78 Å². The molecule has 1 aliphatic heterocycles. The van der Waals surface area contributed by atoms with Crippen molar-refractivity contribution in [1.29, 1.82) is 0 Å². The number of hydrogen-bond donors (Lipinski definition) is 3. The fraction of sp³-hybridized carbons (Fsp3) is 0.242. The largest absolute Gasteiger partial charge is 0.488 e. The summed E-state index contributed by atoms with van der Waals surface area (Å²) >= 11 is 6.58. The molecule has 0 unspecified atom stereocenters. The number of hydrogen-bond acceptors (Lipinski definition) is 5. The third-order valence-corrected chi connectivity index (χ3v) is 7.94. The molecule has 0 saturated heterocycles. The van der Waals surface area contributed by atoms with E-state index < -0.39 is 35.2 Å². The first-order valence-electron chi connectivity index (χ1n) is 13.6. The van der Waals surface area contributed by atoms with E-state index in [2.05, 4.69) is 5.32 Å². The number of nitrogens with two attached hydrogens (primary N) is 1. The van der Waals surface area contributed by atoms with Gasteiger partial charge in [0.05, 0.1) is 16.7 Å². The highest BCUT2D eigenvalue weighted by molar-refractivity contribution is 6.34. The van der Waals surface area contributed by atoms with Crippen LogP contribution in [0.1, 0.15) is 46.8 Å². The molecule has 0 fully saturated rings. The summed E-state index contributed by atoms with van der Waals surface area (Å²) in [6.07, 6.45) is -0.881. The molecule has 1 heterocycles. The van der Waals surface area contributed by atoms with Crippen LogP contribution < -0.4 is 20.5 Å². The van der Waals surface area contributed by atoms with Gasteiger partial charge in [-0.3, -0.25) is 4.79 Å². The van der Waals surface area contributed by atoms with E-state index in [0.717, 1.165) is 11.1 Å². The van der Waals surface area contributed by atoms with Gasteiger partial charge in [0, 0.05) is 41.8 Å². The van der Waals surface area contributed by atoms with Gasteiger partial charge in [-0.05, 0) is 30.2 Å². The number of aliphatic hydroxyl groups is 1. The fourth-order valence-corrected chi connectivity index (χ4v) is 5.78. The van der Waals surface area contributed by atoms with Gasteiger partial charge in [0.1, 0.15) is 18.2 Å². The van der Waals surface area contributed by atoms with Crippen molar-refractivity contribution >= 4 is 17.5 Å². The number of primary amides is 1. The summed E-state index contributed by atoms with van der Waals surface area (Å²) in [5.41, 5.74) is 6.43. The molecule has 218 valence electrons. The molecular formula is C33H31ClF2N2O4. The maximum absolute atomic E-state index is 16.2. The van der Waals surface area contributed by atoms with Crippen LogP contribution in [0.3, 0.4) is 0 Å². The first kappa shape index (κ1) is 29.5. The van der Waals surface area contributed by atoms with Gasteiger partial charge in [0.25, 0.3) is 0 Å². The standard InChI is InChI=1S/C33H31ClF2N2O4/c1-19(39)17-41-25-14-13-23(32(37)40)28(31(25)36)29-27-20(2)33(22-11-7-4-8-12-22,42-26(27)15-24(35)30(29)34)18-38-16-21-9-5-3-6-10-21/h3-15,19-20,38-39H,16-18H2,1-2H3,(H2,37,40)/t19-,20-,33-/m0/s1. The molecular weight excluding hydrogens is 562 g/mol. The number of halogens is 3. The second kappa shape index (κ2) is 12.1. The summed E-state index contributed by atoms with van der Waals surface area (Å²) in [4.78, 5) is 12.5. The van der Waals surface area contributed by atoms with Crippen molar-refractivity contribution in [3.05, 3.63) is 118 Å². The second-order valence-electron chi connectivity index (χ2n) is 10.5. The lowest BCUT2D eigenvalue weighted by Crippen LogP contribution is -2.44. The second-order valence-corrected chi connectivity index (χ2v) is 10.8. The number of benzene rings is 4. The Hall–Kier alpha value is -3.98. The van der Waals surface area contributed by atoms with Crippen molar-refractivity contribution < 1.29 is 28.2 Å². The lowest BCUT2D eigenvalue weighted by molar-refractivity contribution is 0.0693. The average Bonchev–Trinajstić information content (AvgIpc) is 3.25. The van der Waals surface area contributed by atoms with Crippen LogP contribution in [0.2, 0.25) is 5.02 Å². The molecule has 4 aromatic rings. The smallest absolute Gasteiger partial charge is 0.249 e. The van der Waals surface area contributed by atoms with Crippen LogP contribution in [0, 0.1) is 11.6 Å². The molecule has 1 aliphatic rings. The SMILES string of the molecule is C[C@H](O)COc1ccc(C(N)=O)c(-c2c(Cl)c(F)cc3c2[C@H](C)[C@@](CNCc2ccccc2)(c2ccccc2)O3)c1F. The van der Waals surface area contributed by atoms with Crippen LogP contribution in [0.5, 0.6) is 11.5 Å². The Morgan fingerprint density at radius 3 is 2.40 bits per heavy atom. The zero-order valence-electron chi connectivity index (χ0n) is 23.2. The van der Waals surface area contributed by atoms with Crippen molar-refractivity contribution in [2.75, 3.05) is 13.2 Å². The lowest BCUT2D eigenvalue weighted by atomic mass is 9.77. The van der Waals surface area contributed by atoms with Crippen molar-refractivity contribution in [1.82, 2.24) is 5.32 Å². The molecule has 4 N–H and O–H groups in total. The van der Waals surface area contributed by atoms with Crippen LogP contribution in [0.15, 0.2) is 78.9 Å². The molecule has 3 atom stereocenters.